The first-order valence-corrected chi connectivity index (χ1v) is 5.72. The highest BCUT2D eigenvalue weighted by Gasteiger charge is 2.30. The molecule has 1 aliphatic rings. The minimum atomic E-state index is -0.152. The highest BCUT2D eigenvalue weighted by atomic mass is 79.9. The van der Waals surface area contributed by atoms with E-state index in [0.717, 1.165) is 4.47 Å². The van der Waals surface area contributed by atoms with E-state index in [4.69, 9.17) is 5.73 Å². The quantitative estimate of drug-likeness (QED) is 0.824. The zero-order valence-corrected chi connectivity index (χ0v) is 10.1. The van der Waals surface area contributed by atoms with Crippen LogP contribution in [-0.2, 0) is 11.4 Å². The number of hydrogen-bond donors (Lipinski definition) is 2. The van der Waals surface area contributed by atoms with Gasteiger partial charge in [-0.25, -0.2) is 4.98 Å². The van der Waals surface area contributed by atoms with Crippen molar-refractivity contribution in [3.63, 3.8) is 0 Å². The Balaban J connectivity index is 2.36. The maximum Gasteiger partial charge on any atom is 0.229 e. The van der Waals surface area contributed by atoms with Crippen molar-refractivity contribution in [3.05, 3.63) is 22.3 Å². The smallest absolute Gasteiger partial charge is 0.229 e. The van der Waals surface area contributed by atoms with Crippen LogP contribution in [0.3, 0.4) is 0 Å². The summed E-state index contributed by atoms with van der Waals surface area (Å²) < 4.78 is 0.774. The van der Waals surface area contributed by atoms with Gasteiger partial charge in [-0.1, -0.05) is 0 Å². The van der Waals surface area contributed by atoms with E-state index in [2.05, 4.69) is 20.9 Å². The standard InChI is InChI=1S/C10H12BrN3O2/c11-7-1-6(5-15)10(13-3-7)14-4-8(12)2-9(14)16/h1,3,8,15H,2,4-5,12H2. The van der Waals surface area contributed by atoms with Gasteiger partial charge in [-0.15, -0.1) is 0 Å². The molecule has 0 radical (unpaired) electrons. The molecule has 6 heteroatoms. The molecule has 0 aromatic carbocycles. The van der Waals surface area contributed by atoms with Gasteiger partial charge in [-0.3, -0.25) is 9.69 Å². The second kappa shape index (κ2) is 4.48. The van der Waals surface area contributed by atoms with E-state index in [0.29, 0.717) is 24.3 Å². The van der Waals surface area contributed by atoms with Crippen molar-refractivity contribution in [2.75, 3.05) is 11.4 Å². The number of amides is 1. The summed E-state index contributed by atoms with van der Waals surface area (Å²) in [5.41, 5.74) is 6.33. The van der Waals surface area contributed by atoms with Crippen LogP contribution >= 0.6 is 15.9 Å². The first-order chi connectivity index (χ1) is 7.61. The summed E-state index contributed by atoms with van der Waals surface area (Å²) in [6.45, 7) is 0.307. The fraction of sp³-hybridized carbons (Fsp3) is 0.400. The largest absolute Gasteiger partial charge is 0.392 e. The molecule has 1 aromatic heterocycles. The second-order valence-corrected chi connectivity index (χ2v) is 4.68. The molecule has 1 fully saturated rings. The number of halogens is 1. The SMILES string of the molecule is NC1CC(=O)N(c2ncc(Br)cc2CO)C1. The highest BCUT2D eigenvalue weighted by Crippen LogP contribution is 2.25. The number of carbonyl (C=O) groups excluding carboxylic acids is 1. The van der Waals surface area contributed by atoms with Gasteiger partial charge in [0.15, 0.2) is 0 Å². The summed E-state index contributed by atoms with van der Waals surface area (Å²) in [6.07, 6.45) is 1.94. The lowest BCUT2D eigenvalue weighted by Gasteiger charge is -2.17. The van der Waals surface area contributed by atoms with Crippen LogP contribution in [0.5, 0.6) is 0 Å². The number of aliphatic hydroxyl groups excluding tert-OH is 1. The fourth-order valence-corrected chi connectivity index (χ4v) is 2.15. The van der Waals surface area contributed by atoms with Crippen LogP contribution in [0.1, 0.15) is 12.0 Å². The van der Waals surface area contributed by atoms with E-state index in [9.17, 15) is 9.90 Å². The molecule has 1 aliphatic heterocycles. The predicted octanol–water partition coefficient (Wildman–Crippen LogP) is 0.400. The predicted molar refractivity (Wildman–Crippen MR) is 62.8 cm³/mol. The van der Waals surface area contributed by atoms with Gasteiger partial charge < -0.3 is 10.8 Å². The van der Waals surface area contributed by atoms with E-state index in [-0.39, 0.29) is 18.6 Å². The summed E-state index contributed by atoms with van der Waals surface area (Å²) in [4.78, 5) is 17.3. The minimum absolute atomic E-state index is 0.0444. The Kier molecular flexibility index (Phi) is 3.22. The fourth-order valence-electron chi connectivity index (χ4n) is 1.77. The van der Waals surface area contributed by atoms with Crippen molar-refractivity contribution in [2.45, 2.75) is 19.1 Å². The van der Waals surface area contributed by atoms with Crippen LogP contribution in [0.2, 0.25) is 0 Å². The summed E-state index contributed by atoms with van der Waals surface area (Å²) in [6, 6.07) is 1.60. The Morgan fingerprint density at radius 1 is 1.69 bits per heavy atom. The number of aliphatic hydroxyl groups is 1. The molecule has 86 valence electrons. The van der Waals surface area contributed by atoms with Crippen molar-refractivity contribution in [2.24, 2.45) is 5.73 Å². The molecule has 2 heterocycles. The zero-order valence-electron chi connectivity index (χ0n) is 8.56. The number of anilines is 1. The molecule has 1 saturated heterocycles. The summed E-state index contributed by atoms with van der Waals surface area (Å²) in [7, 11) is 0. The van der Waals surface area contributed by atoms with E-state index in [1.165, 1.54) is 4.90 Å². The van der Waals surface area contributed by atoms with Crippen LogP contribution in [-0.4, -0.2) is 28.6 Å². The molecular formula is C10H12BrN3O2. The van der Waals surface area contributed by atoms with Gasteiger partial charge >= 0.3 is 0 Å². The molecule has 0 saturated carbocycles. The van der Waals surface area contributed by atoms with Crippen molar-refractivity contribution in [1.82, 2.24) is 4.98 Å². The normalized spacial score (nSPS) is 20.6. The van der Waals surface area contributed by atoms with Crippen molar-refractivity contribution >= 4 is 27.7 Å². The number of aromatic nitrogens is 1. The topological polar surface area (TPSA) is 79.5 Å². The maximum atomic E-state index is 11.7. The summed E-state index contributed by atoms with van der Waals surface area (Å²) in [5.74, 6) is 0.459. The molecule has 5 nitrogen and oxygen atoms in total. The van der Waals surface area contributed by atoms with E-state index in [1.807, 2.05) is 0 Å². The number of carbonyl (C=O) groups is 1. The number of hydrogen-bond acceptors (Lipinski definition) is 4. The van der Waals surface area contributed by atoms with Gasteiger partial charge in [-0.2, -0.15) is 0 Å². The van der Waals surface area contributed by atoms with Gasteiger partial charge in [0.2, 0.25) is 5.91 Å². The van der Waals surface area contributed by atoms with Gasteiger partial charge in [0.05, 0.1) is 6.61 Å². The molecule has 1 atom stereocenters. The Hall–Kier alpha value is -0.980. The zero-order chi connectivity index (χ0) is 11.7. The van der Waals surface area contributed by atoms with Crippen LogP contribution in [0.15, 0.2) is 16.7 Å². The number of nitrogens with zero attached hydrogens (tertiary/aromatic N) is 2. The molecule has 3 N–H and O–H groups in total. The molecular weight excluding hydrogens is 274 g/mol. The lowest BCUT2D eigenvalue weighted by molar-refractivity contribution is -0.117. The molecule has 16 heavy (non-hydrogen) atoms. The van der Waals surface area contributed by atoms with Crippen molar-refractivity contribution in [1.29, 1.82) is 0 Å². The van der Waals surface area contributed by atoms with Gasteiger partial charge in [-0.05, 0) is 22.0 Å². The van der Waals surface area contributed by atoms with E-state index in [1.54, 1.807) is 12.3 Å². The molecule has 1 amide bonds. The molecule has 1 aromatic rings. The second-order valence-electron chi connectivity index (χ2n) is 3.76. The monoisotopic (exact) mass is 285 g/mol. The Bertz CT molecular complexity index is 425. The van der Waals surface area contributed by atoms with Gasteiger partial charge in [0.1, 0.15) is 5.82 Å². The first kappa shape index (κ1) is 11.5. The van der Waals surface area contributed by atoms with Crippen LogP contribution in [0.4, 0.5) is 5.82 Å². The third-order valence-electron chi connectivity index (χ3n) is 2.49. The summed E-state index contributed by atoms with van der Waals surface area (Å²) in [5, 5.41) is 9.23. The van der Waals surface area contributed by atoms with Crippen molar-refractivity contribution in [3.8, 4) is 0 Å². The number of rotatable bonds is 2. The Labute approximate surface area is 101 Å². The molecule has 1 unspecified atom stereocenters. The molecule has 0 aliphatic carbocycles. The maximum absolute atomic E-state index is 11.7. The van der Waals surface area contributed by atoms with E-state index >= 15 is 0 Å². The molecule has 0 spiro atoms. The average molecular weight is 286 g/mol. The van der Waals surface area contributed by atoms with Gasteiger partial charge in [0, 0.05) is 35.2 Å². The first-order valence-electron chi connectivity index (χ1n) is 4.93. The lowest BCUT2D eigenvalue weighted by Crippen LogP contribution is -2.29. The number of nitrogens with two attached hydrogens (primary N) is 1. The number of pyridine rings is 1. The van der Waals surface area contributed by atoms with E-state index < -0.39 is 0 Å². The van der Waals surface area contributed by atoms with Gasteiger partial charge in [0.25, 0.3) is 0 Å². The van der Waals surface area contributed by atoms with Crippen LogP contribution in [0, 0.1) is 0 Å². The molecule has 2 rings (SSSR count). The summed E-state index contributed by atoms with van der Waals surface area (Å²) >= 11 is 3.27. The van der Waals surface area contributed by atoms with Crippen LogP contribution in [0.25, 0.3) is 0 Å². The molecule has 0 bridgehead atoms. The van der Waals surface area contributed by atoms with Crippen molar-refractivity contribution < 1.29 is 9.90 Å². The highest BCUT2D eigenvalue weighted by molar-refractivity contribution is 9.10. The average Bonchev–Trinajstić information content (AvgIpc) is 2.57. The third kappa shape index (κ3) is 2.09. The van der Waals surface area contributed by atoms with Crippen LogP contribution < -0.4 is 10.6 Å². The Morgan fingerprint density at radius 3 is 3.00 bits per heavy atom. The minimum Gasteiger partial charge on any atom is -0.392 e. The lowest BCUT2D eigenvalue weighted by atomic mass is 10.2. The third-order valence-corrected chi connectivity index (χ3v) is 2.92. The Morgan fingerprint density at radius 2 is 2.44 bits per heavy atom.